The Balaban J connectivity index is 2.53. The molecule has 15 heavy (non-hydrogen) atoms. The molecule has 1 heterocycles. The zero-order valence-electron chi connectivity index (χ0n) is 9.51. The van der Waals surface area contributed by atoms with Gasteiger partial charge in [0.2, 0.25) is 0 Å². The van der Waals surface area contributed by atoms with E-state index in [0.717, 1.165) is 12.1 Å². The summed E-state index contributed by atoms with van der Waals surface area (Å²) >= 11 is 0. The van der Waals surface area contributed by atoms with E-state index in [0.29, 0.717) is 6.42 Å². The second-order valence-electron chi connectivity index (χ2n) is 3.41. The van der Waals surface area contributed by atoms with Crippen LogP contribution in [0.4, 0.5) is 0 Å². The molecule has 1 rings (SSSR count). The van der Waals surface area contributed by atoms with Gasteiger partial charge in [-0.1, -0.05) is 0 Å². The lowest BCUT2D eigenvalue weighted by atomic mass is 10.1. The van der Waals surface area contributed by atoms with Crippen molar-refractivity contribution in [3.8, 4) is 0 Å². The molecule has 1 atom stereocenters. The molecule has 0 fully saturated rings. The van der Waals surface area contributed by atoms with E-state index >= 15 is 0 Å². The van der Waals surface area contributed by atoms with Gasteiger partial charge in [0.25, 0.3) is 0 Å². The minimum Gasteiger partial charge on any atom is -0.354 e. The minimum atomic E-state index is -0.366. The second-order valence-corrected chi connectivity index (χ2v) is 3.41. The van der Waals surface area contributed by atoms with Crippen LogP contribution in [-0.2, 0) is 22.4 Å². The number of nitrogens with zero attached hydrogens (tertiary/aromatic N) is 2. The van der Waals surface area contributed by atoms with Crippen molar-refractivity contribution in [2.45, 2.75) is 32.2 Å². The lowest BCUT2D eigenvalue weighted by Gasteiger charge is -2.20. The van der Waals surface area contributed by atoms with Crippen molar-refractivity contribution >= 4 is 0 Å². The van der Waals surface area contributed by atoms with E-state index in [1.165, 1.54) is 0 Å². The molecule has 0 aliphatic heterocycles. The van der Waals surface area contributed by atoms with Crippen molar-refractivity contribution in [3.63, 3.8) is 0 Å². The van der Waals surface area contributed by atoms with Crippen LogP contribution in [0, 0.1) is 0 Å². The molecular weight excluding hydrogens is 194 g/mol. The van der Waals surface area contributed by atoms with Crippen LogP contribution in [0.1, 0.15) is 12.5 Å². The zero-order chi connectivity index (χ0) is 11.3. The Hall–Kier alpha value is -0.910. The molecule has 0 aliphatic rings. The molecule has 5 nitrogen and oxygen atoms in total. The number of rotatable bonds is 6. The third-order valence-corrected chi connectivity index (χ3v) is 2.30. The zero-order valence-corrected chi connectivity index (χ0v) is 9.51. The molecule has 0 amide bonds. The number of ether oxygens (including phenoxy) is 2. The molecule has 0 radical (unpaired) electrons. The van der Waals surface area contributed by atoms with Crippen LogP contribution in [0.3, 0.4) is 0 Å². The summed E-state index contributed by atoms with van der Waals surface area (Å²) in [5.41, 5.74) is 7.04. The van der Waals surface area contributed by atoms with E-state index in [4.69, 9.17) is 15.2 Å². The topological polar surface area (TPSA) is 62.3 Å². The number of nitrogens with two attached hydrogens (primary N) is 1. The molecular formula is C10H19N3O2. The van der Waals surface area contributed by atoms with Gasteiger partial charge >= 0.3 is 0 Å². The lowest BCUT2D eigenvalue weighted by molar-refractivity contribution is -0.115. The highest BCUT2D eigenvalue weighted by molar-refractivity contribution is 5.06. The first-order valence-corrected chi connectivity index (χ1v) is 5.03. The van der Waals surface area contributed by atoms with Crippen molar-refractivity contribution in [1.82, 2.24) is 9.78 Å². The fourth-order valence-electron chi connectivity index (χ4n) is 1.50. The van der Waals surface area contributed by atoms with Crippen LogP contribution in [-0.4, -0.2) is 36.3 Å². The van der Waals surface area contributed by atoms with E-state index in [9.17, 15) is 0 Å². The van der Waals surface area contributed by atoms with E-state index < -0.39 is 0 Å². The maximum atomic E-state index is 5.93. The van der Waals surface area contributed by atoms with Crippen molar-refractivity contribution in [2.24, 2.45) is 5.73 Å². The molecule has 2 N–H and O–H groups in total. The van der Waals surface area contributed by atoms with E-state index in [2.05, 4.69) is 5.10 Å². The predicted molar refractivity (Wildman–Crippen MR) is 57.4 cm³/mol. The van der Waals surface area contributed by atoms with E-state index in [-0.39, 0.29) is 12.3 Å². The van der Waals surface area contributed by atoms with Crippen molar-refractivity contribution in [2.75, 3.05) is 14.2 Å². The summed E-state index contributed by atoms with van der Waals surface area (Å²) < 4.78 is 12.1. The third kappa shape index (κ3) is 3.30. The molecule has 5 heteroatoms. The predicted octanol–water partition coefficient (Wildman–Crippen LogP) is 0.392. The summed E-state index contributed by atoms with van der Waals surface area (Å²) in [5, 5.41) is 4.18. The normalized spacial score (nSPS) is 13.4. The monoisotopic (exact) mass is 213 g/mol. The van der Waals surface area contributed by atoms with Crippen LogP contribution >= 0.6 is 0 Å². The Bertz CT molecular complexity index is 284. The lowest BCUT2D eigenvalue weighted by Crippen LogP contribution is -2.39. The van der Waals surface area contributed by atoms with Gasteiger partial charge in [-0.15, -0.1) is 0 Å². The van der Waals surface area contributed by atoms with Gasteiger partial charge in [-0.05, 0) is 18.9 Å². The Morgan fingerprint density at radius 3 is 2.60 bits per heavy atom. The maximum absolute atomic E-state index is 5.93. The van der Waals surface area contributed by atoms with Crippen LogP contribution in [0.25, 0.3) is 0 Å². The second kappa shape index (κ2) is 5.85. The third-order valence-electron chi connectivity index (χ3n) is 2.30. The quantitative estimate of drug-likeness (QED) is 0.694. The summed E-state index contributed by atoms with van der Waals surface area (Å²) in [7, 11) is 3.17. The highest BCUT2D eigenvalue weighted by Crippen LogP contribution is 2.06. The van der Waals surface area contributed by atoms with Crippen LogP contribution in [0.15, 0.2) is 12.4 Å². The van der Waals surface area contributed by atoms with Crippen molar-refractivity contribution in [1.29, 1.82) is 0 Å². The molecule has 1 aromatic rings. The average Bonchev–Trinajstić information content (AvgIpc) is 2.67. The first-order valence-electron chi connectivity index (χ1n) is 5.03. The van der Waals surface area contributed by atoms with Gasteiger partial charge in [-0.25, -0.2) is 0 Å². The number of hydrogen-bond donors (Lipinski definition) is 1. The fraction of sp³-hybridized carbons (Fsp3) is 0.700. The number of aryl methyl sites for hydroxylation is 1. The smallest absolute Gasteiger partial charge is 0.172 e. The molecule has 0 bridgehead atoms. The highest BCUT2D eigenvalue weighted by atomic mass is 16.7. The van der Waals surface area contributed by atoms with Gasteiger partial charge in [0.1, 0.15) is 0 Å². The fourth-order valence-corrected chi connectivity index (χ4v) is 1.50. The van der Waals surface area contributed by atoms with Gasteiger partial charge in [0, 0.05) is 27.0 Å². The summed E-state index contributed by atoms with van der Waals surface area (Å²) in [6.45, 7) is 2.91. The first-order chi connectivity index (χ1) is 7.21. The Morgan fingerprint density at radius 2 is 2.13 bits per heavy atom. The largest absolute Gasteiger partial charge is 0.354 e. The number of hydrogen-bond acceptors (Lipinski definition) is 4. The summed E-state index contributed by atoms with van der Waals surface area (Å²) in [6, 6.07) is -0.172. The molecule has 0 aliphatic carbocycles. The van der Waals surface area contributed by atoms with E-state index in [1.54, 1.807) is 14.2 Å². The summed E-state index contributed by atoms with van der Waals surface area (Å²) in [4.78, 5) is 0. The summed E-state index contributed by atoms with van der Waals surface area (Å²) in [6.07, 6.45) is 4.15. The highest BCUT2D eigenvalue weighted by Gasteiger charge is 2.17. The molecule has 1 aromatic heterocycles. The van der Waals surface area contributed by atoms with Crippen LogP contribution in [0.2, 0.25) is 0 Å². The minimum absolute atomic E-state index is 0.172. The van der Waals surface area contributed by atoms with Gasteiger partial charge in [-0.2, -0.15) is 5.10 Å². The Kier molecular flexibility index (Phi) is 4.74. The average molecular weight is 213 g/mol. The maximum Gasteiger partial charge on any atom is 0.172 e. The number of methoxy groups -OCH3 is 2. The van der Waals surface area contributed by atoms with E-state index in [1.807, 2.05) is 24.0 Å². The SMILES string of the molecule is CCn1cc(CC(N)C(OC)OC)cn1. The molecule has 86 valence electrons. The van der Waals surface area contributed by atoms with Gasteiger partial charge in [0.05, 0.1) is 12.2 Å². The first kappa shape index (κ1) is 12.2. The van der Waals surface area contributed by atoms with Crippen molar-refractivity contribution in [3.05, 3.63) is 18.0 Å². The summed E-state index contributed by atoms with van der Waals surface area (Å²) in [5.74, 6) is 0. The van der Waals surface area contributed by atoms with Crippen LogP contribution in [0.5, 0.6) is 0 Å². The molecule has 0 spiro atoms. The molecule has 0 saturated carbocycles. The molecule has 0 aromatic carbocycles. The molecule has 1 unspecified atom stereocenters. The standard InChI is InChI=1S/C10H19N3O2/c1-4-13-7-8(6-12-13)5-9(11)10(14-2)15-3/h6-7,9-10H,4-5,11H2,1-3H3. The van der Waals surface area contributed by atoms with Gasteiger partial charge in [-0.3, -0.25) is 4.68 Å². The van der Waals surface area contributed by atoms with Crippen LogP contribution < -0.4 is 5.73 Å². The number of aromatic nitrogens is 2. The Morgan fingerprint density at radius 1 is 1.47 bits per heavy atom. The Labute approximate surface area is 90.2 Å². The van der Waals surface area contributed by atoms with Gasteiger partial charge in [0.15, 0.2) is 6.29 Å². The van der Waals surface area contributed by atoms with Gasteiger partial charge < -0.3 is 15.2 Å². The van der Waals surface area contributed by atoms with Crippen molar-refractivity contribution < 1.29 is 9.47 Å². The molecule has 0 saturated heterocycles.